The van der Waals surface area contributed by atoms with E-state index in [-0.39, 0.29) is 29.8 Å². The summed E-state index contributed by atoms with van der Waals surface area (Å²) in [5.41, 5.74) is 2.33. The molecule has 8 nitrogen and oxygen atoms in total. The molecule has 4 aromatic rings. The first-order valence-electron chi connectivity index (χ1n) is 10.5. The van der Waals surface area contributed by atoms with E-state index in [2.05, 4.69) is 29.5 Å². The minimum absolute atomic E-state index is 0.0763. The highest BCUT2D eigenvalue weighted by atomic mass is 16.1. The van der Waals surface area contributed by atoms with E-state index >= 15 is 0 Å². The standard InChI is InChI=1S/C23H26N6O2/c1-15(2)21(22-24-18-11-6-7-12-19(18)28(22)3)25-20(30)13-8-14-29-23(31)16-9-4-5-10-17(16)26-27-29/h4-7,9-12,15,21H,8,13-14H2,1-3H3,(H,25,30)/t21-/m1/s1. The SMILES string of the molecule is CC(C)[C@@H](NC(=O)CCCn1nnc2ccccc2c1=O)c1nc2ccccc2n1C. The van der Waals surface area contributed by atoms with Gasteiger partial charge < -0.3 is 9.88 Å². The van der Waals surface area contributed by atoms with Crippen molar-refractivity contribution >= 4 is 27.8 Å². The summed E-state index contributed by atoms with van der Waals surface area (Å²) in [7, 11) is 1.97. The van der Waals surface area contributed by atoms with Gasteiger partial charge in [-0.15, -0.1) is 5.10 Å². The first-order chi connectivity index (χ1) is 15.0. The minimum Gasteiger partial charge on any atom is -0.346 e. The van der Waals surface area contributed by atoms with Crippen LogP contribution in [0.25, 0.3) is 21.9 Å². The van der Waals surface area contributed by atoms with Gasteiger partial charge in [-0.25, -0.2) is 9.67 Å². The van der Waals surface area contributed by atoms with Crippen LogP contribution in [0, 0.1) is 5.92 Å². The van der Waals surface area contributed by atoms with Crippen LogP contribution in [-0.4, -0.2) is 30.5 Å². The third-order valence-electron chi connectivity index (χ3n) is 5.49. The van der Waals surface area contributed by atoms with E-state index in [1.54, 1.807) is 18.2 Å². The summed E-state index contributed by atoms with van der Waals surface area (Å²) in [5, 5.41) is 11.7. The minimum atomic E-state index is -0.201. The van der Waals surface area contributed by atoms with Crippen LogP contribution in [0.1, 0.15) is 38.6 Å². The van der Waals surface area contributed by atoms with Crippen molar-refractivity contribution in [2.24, 2.45) is 13.0 Å². The van der Waals surface area contributed by atoms with Gasteiger partial charge in [-0.2, -0.15) is 0 Å². The Hall–Kier alpha value is -3.55. The number of hydrogen-bond donors (Lipinski definition) is 1. The maximum Gasteiger partial charge on any atom is 0.277 e. The van der Waals surface area contributed by atoms with Crippen LogP contribution in [0.2, 0.25) is 0 Å². The summed E-state index contributed by atoms with van der Waals surface area (Å²) < 4.78 is 3.35. The van der Waals surface area contributed by atoms with E-state index < -0.39 is 0 Å². The van der Waals surface area contributed by atoms with Crippen molar-refractivity contribution in [3.8, 4) is 0 Å². The fraction of sp³-hybridized carbons (Fsp3) is 0.348. The number of rotatable bonds is 7. The van der Waals surface area contributed by atoms with Gasteiger partial charge in [-0.1, -0.05) is 43.3 Å². The molecule has 160 valence electrons. The normalized spacial score (nSPS) is 12.5. The molecule has 0 aliphatic heterocycles. The second-order valence-electron chi connectivity index (χ2n) is 8.05. The molecule has 0 radical (unpaired) electrons. The molecule has 0 fully saturated rings. The molecule has 2 aromatic heterocycles. The third-order valence-corrected chi connectivity index (χ3v) is 5.49. The number of para-hydroxylation sites is 2. The second-order valence-corrected chi connectivity index (χ2v) is 8.05. The Balaban J connectivity index is 1.43. The average Bonchev–Trinajstić information content (AvgIpc) is 3.10. The first kappa shape index (κ1) is 20.7. The van der Waals surface area contributed by atoms with E-state index in [4.69, 9.17) is 4.98 Å². The van der Waals surface area contributed by atoms with Crippen LogP contribution in [0.4, 0.5) is 0 Å². The molecule has 0 spiro atoms. The van der Waals surface area contributed by atoms with Crippen molar-refractivity contribution in [3.63, 3.8) is 0 Å². The maximum atomic E-state index is 12.7. The maximum absolute atomic E-state index is 12.7. The van der Waals surface area contributed by atoms with Gasteiger partial charge in [0.15, 0.2) is 0 Å². The monoisotopic (exact) mass is 418 g/mol. The molecule has 2 aromatic carbocycles. The predicted molar refractivity (Wildman–Crippen MR) is 119 cm³/mol. The van der Waals surface area contributed by atoms with Crippen molar-refractivity contribution in [3.05, 3.63) is 64.7 Å². The van der Waals surface area contributed by atoms with Crippen molar-refractivity contribution in [1.29, 1.82) is 0 Å². The first-order valence-corrected chi connectivity index (χ1v) is 10.5. The average molecular weight is 419 g/mol. The van der Waals surface area contributed by atoms with Crippen LogP contribution in [0.5, 0.6) is 0 Å². The van der Waals surface area contributed by atoms with Gasteiger partial charge in [0, 0.05) is 20.0 Å². The molecule has 1 amide bonds. The molecule has 0 saturated carbocycles. The van der Waals surface area contributed by atoms with Gasteiger partial charge in [0.2, 0.25) is 5.91 Å². The number of nitrogens with one attached hydrogen (secondary N) is 1. The number of amides is 1. The quantitative estimate of drug-likeness (QED) is 0.498. The molecule has 8 heteroatoms. The predicted octanol–water partition coefficient (Wildman–Crippen LogP) is 2.97. The summed E-state index contributed by atoms with van der Waals surface area (Å²) in [5.74, 6) is 0.933. The molecular weight excluding hydrogens is 392 g/mol. The molecular formula is C23H26N6O2. The summed E-state index contributed by atoms with van der Waals surface area (Å²) in [4.78, 5) is 29.9. The van der Waals surface area contributed by atoms with Crippen LogP contribution < -0.4 is 10.9 Å². The van der Waals surface area contributed by atoms with E-state index in [1.807, 2.05) is 41.9 Å². The molecule has 2 heterocycles. The Labute approximate surface area is 179 Å². The van der Waals surface area contributed by atoms with E-state index in [9.17, 15) is 9.59 Å². The van der Waals surface area contributed by atoms with Gasteiger partial charge in [0.1, 0.15) is 11.3 Å². The number of aryl methyl sites for hydroxylation is 2. The van der Waals surface area contributed by atoms with Gasteiger partial charge in [-0.3, -0.25) is 9.59 Å². The molecule has 1 atom stereocenters. The van der Waals surface area contributed by atoms with Crippen LogP contribution >= 0.6 is 0 Å². The number of carbonyl (C=O) groups excluding carboxylic acids is 1. The Morgan fingerprint density at radius 1 is 1.06 bits per heavy atom. The Morgan fingerprint density at radius 2 is 1.77 bits per heavy atom. The molecule has 0 aliphatic rings. The van der Waals surface area contributed by atoms with Gasteiger partial charge in [0.25, 0.3) is 5.56 Å². The van der Waals surface area contributed by atoms with Gasteiger partial charge in [0.05, 0.1) is 22.5 Å². The summed E-state index contributed by atoms with van der Waals surface area (Å²) in [6.45, 7) is 4.46. The number of aromatic nitrogens is 5. The Bertz CT molecular complexity index is 1290. The number of carbonyl (C=O) groups is 1. The number of hydrogen-bond acceptors (Lipinski definition) is 5. The highest BCUT2D eigenvalue weighted by Gasteiger charge is 2.23. The highest BCUT2D eigenvalue weighted by Crippen LogP contribution is 2.24. The van der Waals surface area contributed by atoms with Crippen molar-refractivity contribution in [2.45, 2.75) is 39.3 Å². The highest BCUT2D eigenvalue weighted by molar-refractivity contribution is 5.78. The Kier molecular flexibility index (Phi) is 5.79. The molecule has 0 unspecified atom stereocenters. The van der Waals surface area contributed by atoms with Crippen LogP contribution in [0.15, 0.2) is 53.3 Å². The molecule has 0 aliphatic carbocycles. The number of imidazole rings is 1. The fourth-order valence-corrected chi connectivity index (χ4v) is 3.78. The zero-order valence-corrected chi connectivity index (χ0v) is 17.9. The number of fused-ring (bicyclic) bond motifs is 2. The van der Waals surface area contributed by atoms with Crippen LogP contribution in [0.3, 0.4) is 0 Å². The molecule has 0 saturated heterocycles. The summed E-state index contributed by atoms with van der Waals surface area (Å²) in [6, 6.07) is 14.8. The van der Waals surface area contributed by atoms with E-state index in [0.717, 1.165) is 16.9 Å². The van der Waals surface area contributed by atoms with Gasteiger partial charge in [-0.05, 0) is 36.6 Å². The lowest BCUT2D eigenvalue weighted by molar-refractivity contribution is -0.122. The zero-order chi connectivity index (χ0) is 22.0. The zero-order valence-electron chi connectivity index (χ0n) is 17.9. The third kappa shape index (κ3) is 4.19. The van der Waals surface area contributed by atoms with Crippen molar-refractivity contribution in [2.75, 3.05) is 0 Å². The largest absolute Gasteiger partial charge is 0.346 e. The van der Waals surface area contributed by atoms with Crippen molar-refractivity contribution in [1.82, 2.24) is 29.9 Å². The Morgan fingerprint density at radius 3 is 2.52 bits per heavy atom. The lowest BCUT2D eigenvalue weighted by Crippen LogP contribution is -2.33. The van der Waals surface area contributed by atoms with Crippen molar-refractivity contribution < 1.29 is 4.79 Å². The summed E-state index contributed by atoms with van der Waals surface area (Å²) >= 11 is 0. The molecule has 4 rings (SSSR count). The number of benzene rings is 2. The lowest BCUT2D eigenvalue weighted by atomic mass is 10.0. The van der Waals surface area contributed by atoms with E-state index in [0.29, 0.717) is 23.9 Å². The molecule has 31 heavy (non-hydrogen) atoms. The fourth-order valence-electron chi connectivity index (χ4n) is 3.78. The van der Waals surface area contributed by atoms with Gasteiger partial charge >= 0.3 is 0 Å². The molecule has 1 N–H and O–H groups in total. The van der Waals surface area contributed by atoms with Crippen LogP contribution in [-0.2, 0) is 18.4 Å². The topological polar surface area (TPSA) is 94.7 Å². The number of nitrogens with zero attached hydrogens (tertiary/aromatic N) is 5. The second kappa shape index (κ2) is 8.67. The smallest absolute Gasteiger partial charge is 0.277 e. The lowest BCUT2D eigenvalue weighted by Gasteiger charge is -2.22. The molecule has 0 bridgehead atoms. The van der Waals surface area contributed by atoms with E-state index in [1.165, 1.54) is 4.68 Å². The summed E-state index contributed by atoms with van der Waals surface area (Å²) in [6.07, 6.45) is 0.778.